The maximum absolute atomic E-state index is 11.1. The molecule has 0 fully saturated rings. The van der Waals surface area contributed by atoms with Crippen LogP contribution in [0.15, 0.2) is 18.2 Å². The lowest BCUT2D eigenvalue weighted by molar-refractivity contribution is 0.281. The van der Waals surface area contributed by atoms with Gasteiger partial charge in [-0.05, 0) is 41.9 Å². The summed E-state index contributed by atoms with van der Waals surface area (Å²) in [4.78, 5) is 18.1. The minimum Gasteiger partial charge on any atom is -0.404 e. The zero-order valence-electron chi connectivity index (χ0n) is 12.0. The molecule has 0 radical (unpaired) electrons. The summed E-state index contributed by atoms with van der Waals surface area (Å²) < 4.78 is 15.9. The summed E-state index contributed by atoms with van der Waals surface area (Å²) in [5.41, 5.74) is 1.89. The first kappa shape index (κ1) is 16.2. The highest BCUT2D eigenvalue weighted by atomic mass is 31.2. The second-order valence-corrected chi connectivity index (χ2v) is 6.16. The summed E-state index contributed by atoms with van der Waals surface area (Å²) in [5.74, 6) is 0.845. The van der Waals surface area contributed by atoms with Gasteiger partial charge in [0.25, 0.3) is 0 Å². The Morgan fingerprint density at radius 2 is 1.74 bits per heavy atom. The minimum atomic E-state index is -4.52. The van der Waals surface area contributed by atoms with Crippen LogP contribution in [-0.2, 0) is 4.57 Å². The lowest BCUT2D eigenvalue weighted by atomic mass is 9.92. The van der Waals surface area contributed by atoms with E-state index in [4.69, 9.17) is 14.3 Å². The average Bonchev–Trinajstić information content (AvgIpc) is 2.35. The molecule has 2 N–H and O–H groups in total. The molecule has 108 valence electrons. The van der Waals surface area contributed by atoms with Gasteiger partial charge in [-0.25, -0.2) is 4.57 Å². The maximum Gasteiger partial charge on any atom is 0.524 e. The first-order valence-electron chi connectivity index (χ1n) is 6.67. The van der Waals surface area contributed by atoms with Gasteiger partial charge in [-0.3, -0.25) is 9.79 Å². The minimum absolute atomic E-state index is 0.201. The maximum atomic E-state index is 11.1. The van der Waals surface area contributed by atoms with Crippen molar-refractivity contribution in [3.8, 4) is 5.75 Å². The third-order valence-electron chi connectivity index (χ3n) is 3.58. The Kier molecular flexibility index (Phi) is 5.60. The van der Waals surface area contributed by atoms with Crippen molar-refractivity contribution in [1.29, 1.82) is 0 Å². The first-order valence-corrected chi connectivity index (χ1v) is 8.20. The lowest BCUT2D eigenvalue weighted by Gasteiger charge is -2.19. The molecule has 0 heterocycles. The van der Waals surface area contributed by atoms with E-state index in [-0.39, 0.29) is 5.92 Å². The molecule has 0 saturated carbocycles. The molecule has 0 saturated heterocycles. The number of rotatable bonds is 6. The Morgan fingerprint density at radius 1 is 1.16 bits per heavy atom. The second-order valence-electron chi connectivity index (χ2n) is 5.00. The van der Waals surface area contributed by atoms with E-state index in [1.165, 1.54) is 0 Å². The molecular weight excluding hydrogens is 263 g/mol. The molecule has 0 spiro atoms. The van der Waals surface area contributed by atoms with Gasteiger partial charge in [0, 0.05) is 0 Å². The lowest BCUT2D eigenvalue weighted by Crippen LogP contribution is -2.01. The summed E-state index contributed by atoms with van der Waals surface area (Å²) in [5, 5.41) is 0. The van der Waals surface area contributed by atoms with Crippen LogP contribution < -0.4 is 4.52 Å². The van der Waals surface area contributed by atoms with Gasteiger partial charge in [0.1, 0.15) is 5.75 Å². The van der Waals surface area contributed by atoms with Crippen molar-refractivity contribution in [3.63, 3.8) is 0 Å². The Balaban J connectivity index is 3.22. The third-order valence-corrected chi connectivity index (χ3v) is 4.01. The van der Waals surface area contributed by atoms with Gasteiger partial charge in [-0.1, -0.05) is 39.8 Å². The van der Waals surface area contributed by atoms with Crippen LogP contribution in [0.4, 0.5) is 0 Å². The molecule has 0 aliphatic heterocycles. The summed E-state index contributed by atoms with van der Waals surface area (Å²) in [6.45, 7) is 8.22. The zero-order valence-corrected chi connectivity index (χ0v) is 12.9. The highest BCUT2D eigenvalue weighted by Gasteiger charge is 2.21. The normalized spacial score (nSPS) is 15.1. The molecule has 0 aliphatic carbocycles. The predicted octanol–water partition coefficient (Wildman–Crippen LogP) is 4.19. The van der Waals surface area contributed by atoms with Gasteiger partial charge >= 0.3 is 7.82 Å². The Morgan fingerprint density at radius 3 is 2.21 bits per heavy atom. The van der Waals surface area contributed by atoms with Gasteiger partial charge in [-0.15, -0.1) is 0 Å². The van der Waals surface area contributed by atoms with Crippen LogP contribution in [0.25, 0.3) is 0 Å². The van der Waals surface area contributed by atoms with Crippen LogP contribution in [0.2, 0.25) is 0 Å². The van der Waals surface area contributed by atoms with Crippen LogP contribution in [0.3, 0.4) is 0 Å². The summed E-state index contributed by atoms with van der Waals surface area (Å²) in [7, 11) is -4.52. The molecule has 2 atom stereocenters. The Hall–Kier alpha value is -0.830. The molecule has 1 aromatic rings. The number of phosphoric acid groups is 1. The number of hydrogen-bond acceptors (Lipinski definition) is 2. The third kappa shape index (κ3) is 4.64. The molecule has 2 unspecified atom stereocenters. The van der Waals surface area contributed by atoms with Gasteiger partial charge in [0.05, 0.1) is 0 Å². The Labute approximate surface area is 115 Å². The molecule has 0 aromatic heterocycles. The number of hydrogen-bond donors (Lipinski definition) is 2. The van der Waals surface area contributed by atoms with Crippen LogP contribution >= 0.6 is 7.82 Å². The number of benzene rings is 1. The van der Waals surface area contributed by atoms with Crippen molar-refractivity contribution in [2.75, 3.05) is 0 Å². The van der Waals surface area contributed by atoms with E-state index in [1.807, 2.05) is 26.0 Å². The van der Waals surface area contributed by atoms with Crippen molar-refractivity contribution < 1.29 is 18.9 Å². The van der Waals surface area contributed by atoms with E-state index in [0.717, 1.165) is 24.0 Å². The van der Waals surface area contributed by atoms with Gasteiger partial charge in [0.15, 0.2) is 0 Å². The summed E-state index contributed by atoms with van der Waals surface area (Å²) in [6, 6.07) is 5.69. The topological polar surface area (TPSA) is 66.8 Å². The molecule has 0 amide bonds. The molecule has 4 nitrogen and oxygen atoms in total. The van der Waals surface area contributed by atoms with E-state index in [9.17, 15) is 4.57 Å². The van der Waals surface area contributed by atoms with E-state index in [1.54, 1.807) is 6.07 Å². The van der Waals surface area contributed by atoms with Crippen molar-refractivity contribution in [3.05, 3.63) is 29.3 Å². The molecule has 1 rings (SSSR count). The van der Waals surface area contributed by atoms with Crippen molar-refractivity contribution >= 4 is 7.82 Å². The average molecular weight is 286 g/mol. The monoisotopic (exact) mass is 286 g/mol. The molecule has 0 bridgehead atoms. The summed E-state index contributed by atoms with van der Waals surface area (Å²) in [6.07, 6.45) is 1.86. The number of phosphoric ester groups is 1. The first-order chi connectivity index (χ1) is 8.78. The second kappa shape index (κ2) is 6.56. The van der Waals surface area contributed by atoms with E-state index < -0.39 is 7.82 Å². The van der Waals surface area contributed by atoms with Gasteiger partial charge in [0.2, 0.25) is 0 Å². The SMILES string of the molecule is CCC(C)c1ccc(C(C)CC)c(OP(=O)(O)O)c1. The fourth-order valence-corrected chi connectivity index (χ4v) is 2.34. The van der Waals surface area contributed by atoms with Crippen molar-refractivity contribution in [2.45, 2.75) is 52.4 Å². The van der Waals surface area contributed by atoms with Crippen LogP contribution in [0, 0.1) is 0 Å². The van der Waals surface area contributed by atoms with Gasteiger partial charge in [-0.2, -0.15) is 0 Å². The van der Waals surface area contributed by atoms with Crippen LogP contribution in [-0.4, -0.2) is 9.79 Å². The molecule has 1 aromatic carbocycles. The largest absolute Gasteiger partial charge is 0.524 e. The van der Waals surface area contributed by atoms with E-state index in [2.05, 4.69) is 13.8 Å². The quantitative estimate of drug-likeness (QED) is 0.770. The fourth-order valence-electron chi connectivity index (χ4n) is 1.93. The molecule has 0 aliphatic rings. The molecular formula is C14H23O4P. The van der Waals surface area contributed by atoms with E-state index in [0.29, 0.717) is 11.7 Å². The Bertz CT molecular complexity index is 467. The van der Waals surface area contributed by atoms with Crippen molar-refractivity contribution in [1.82, 2.24) is 0 Å². The fraction of sp³-hybridized carbons (Fsp3) is 0.571. The zero-order chi connectivity index (χ0) is 14.6. The van der Waals surface area contributed by atoms with E-state index >= 15 is 0 Å². The van der Waals surface area contributed by atoms with Crippen LogP contribution in [0.1, 0.15) is 63.5 Å². The highest BCUT2D eigenvalue weighted by Crippen LogP contribution is 2.42. The molecule has 19 heavy (non-hydrogen) atoms. The predicted molar refractivity (Wildman–Crippen MR) is 76.5 cm³/mol. The summed E-state index contributed by atoms with van der Waals surface area (Å²) >= 11 is 0. The highest BCUT2D eigenvalue weighted by molar-refractivity contribution is 7.46. The van der Waals surface area contributed by atoms with Gasteiger partial charge < -0.3 is 4.52 Å². The van der Waals surface area contributed by atoms with Crippen LogP contribution in [0.5, 0.6) is 5.75 Å². The standard InChI is InChI=1S/C14H23O4P/c1-5-10(3)12-7-8-13(11(4)6-2)14(9-12)18-19(15,16)17/h7-11H,5-6H2,1-4H3,(H2,15,16,17). The van der Waals surface area contributed by atoms with Crippen molar-refractivity contribution in [2.24, 2.45) is 0 Å². The smallest absolute Gasteiger partial charge is 0.404 e. The molecule has 5 heteroatoms.